The van der Waals surface area contributed by atoms with Gasteiger partial charge in [0.1, 0.15) is 5.75 Å². The van der Waals surface area contributed by atoms with Crippen molar-refractivity contribution in [1.29, 1.82) is 0 Å². The Balaban J connectivity index is 2.62. The molecule has 1 unspecified atom stereocenters. The van der Waals surface area contributed by atoms with Gasteiger partial charge in [-0.2, -0.15) is 0 Å². The summed E-state index contributed by atoms with van der Waals surface area (Å²) in [6.07, 6.45) is 0.754. The van der Waals surface area contributed by atoms with Gasteiger partial charge in [-0.15, -0.1) is 11.8 Å². The lowest BCUT2D eigenvalue weighted by Gasteiger charge is -2.12. The third-order valence-corrected chi connectivity index (χ3v) is 2.07. The predicted octanol–water partition coefficient (Wildman–Crippen LogP) is 2.50. The Morgan fingerprint density at radius 1 is 1.40 bits per heavy atom. The average Bonchev–Trinajstić information content (AvgIpc) is 2.25. The minimum absolute atomic E-state index is 0.00143. The van der Waals surface area contributed by atoms with Crippen LogP contribution in [0.3, 0.4) is 0 Å². The normalized spacial score (nSPS) is 11.4. The first-order chi connectivity index (χ1) is 7.25. The Bertz CT molecular complexity index is 360. The van der Waals surface area contributed by atoms with Crippen LogP contribution in [0.5, 0.6) is 5.75 Å². The van der Waals surface area contributed by atoms with Crippen molar-refractivity contribution in [1.82, 2.24) is 0 Å². The van der Waals surface area contributed by atoms with E-state index >= 15 is 0 Å². The maximum Gasteiger partial charge on any atom is 0.124 e. The van der Waals surface area contributed by atoms with Crippen LogP contribution in [0.1, 0.15) is 31.9 Å². The number of nitrogens with two attached hydrogens (primary N) is 1. The quantitative estimate of drug-likeness (QED) is 0.602. The van der Waals surface area contributed by atoms with E-state index in [1.165, 1.54) is 0 Å². The fraction of sp³-hybridized carbons (Fsp3) is 0.385. The molecular weight excluding hydrogens is 186 g/mol. The van der Waals surface area contributed by atoms with Gasteiger partial charge in [-0.05, 0) is 19.9 Å². The maximum absolute atomic E-state index is 5.84. The fourth-order valence-electron chi connectivity index (χ4n) is 1.33. The summed E-state index contributed by atoms with van der Waals surface area (Å²) >= 11 is 0. The van der Waals surface area contributed by atoms with Crippen molar-refractivity contribution in [2.75, 3.05) is 6.61 Å². The van der Waals surface area contributed by atoms with Gasteiger partial charge in [0, 0.05) is 18.0 Å². The Kier molecular flexibility index (Phi) is 4.73. The van der Waals surface area contributed by atoms with Gasteiger partial charge in [0.2, 0.25) is 0 Å². The summed E-state index contributed by atoms with van der Waals surface area (Å²) in [5, 5.41) is 0. The van der Waals surface area contributed by atoms with Crippen LogP contribution in [0.25, 0.3) is 0 Å². The highest BCUT2D eigenvalue weighted by Crippen LogP contribution is 2.23. The summed E-state index contributed by atoms with van der Waals surface area (Å²) < 4.78 is 5.62. The van der Waals surface area contributed by atoms with Crippen LogP contribution in [0.2, 0.25) is 0 Å². The zero-order valence-corrected chi connectivity index (χ0v) is 9.29. The molecule has 0 spiro atoms. The van der Waals surface area contributed by atoms with Crippen LogP contribution >= 0.6 is 0 Å². The molecule has 1 aromatic carbocycles. The van der Waals surface area contributed by atoms with E-state index < -0.39 is 0 Å². The first kappa shape index (κ1) is 11.6. The molecule has 1 rings (SSSR count). The molecule has 0 amide bonds. The van der Waals surface area contributed by atoms with Crippen LogP contribution in [-0.2, 0) is 0 Å². The predicted molar refractivity (Wildman–Crippen MR) is 62.6 cm³/mol. The second-order valence-electron chi connectivity index (χ2n) is 3.35. The summed E-state index contributed by atoms with van der Waals surface area (Å²) in [4.78, 5) is 0. The lowest BCUT2D eigenvalue weighted by Crippen LogP contribution is -2.08. The van der Waals surface area contributed by atoms with Crippen LogP contribution in [0, 0.1) is 11.8 Å². The van der Waals surface area contributed by atoms with E-state index in [-0.39, 0.29) is 6.04 Å². The van der Waals surface area contributed by atoms with Gasteiger partial charge in [0.25, 0.3) is 0 Å². The summed E-state index contributed by atoms with van der Waals surface area (Å²) in [6, 6.07) is 7.85. The highest BCUT2D eigenvalue weighted by Gasteiger charge is 2.05. The highest BCUT2D eigenvalue weighted by atomic mass is 16.5. The van der Waals surface area contributed by atoms with Crippen LogP contribution < -0.4 is 10.5 Å². The lowest BCUT2D eigenvalue weighted by molar-refractivity contribution is 0.322. The topological polar surface area (TPSA) is 35.2 Å². The molecular formula is C13H17NO. The van der Waals surface area contributed by atoms with Gasteiger partial charge in [-0.3, -0.25) is 0 Å². The first-order valence-electron chi connectivity index (χ1n) is 5.12. The monoisotopic (exact) mass is 203 g/mol. The van der Waals surface area contributed by atoms with E-state index in [1.54, 1.807) is 0 Å². The van der Waals surface area contributed by atoms with Gasteiger partial charge >= 0.3 is 0 Å². The van der Waals surface area contributed by atoms with E-state index in [0.29, 0.717) is 6.61 Å². The molecule has 0 aromatic heterocycles. The minimum Gasteiger partial charge on any atom is -0.492 e. The molecule has 0 aliphatic rings. The molecule has 15 heavy (non-hydrogen) atoms. The van der Waals surface area contributed by atoms with Crippen molar-refractivity contribution in [2.45, 2.75) is 26.3 Å². The molecule has 1 atom stereocenters. The number of ether oxygens (including phenoxy) is 1. The molecule has 0 bridgehead atoms. The fourth-order valence-corrected chi connectivity index (χ4v) is 1.33. The van der Waals surface area contributed by atoms with Crippen molar-refractivity contribution in [3.63, 3.8) is 0 Å². The average molecular weight is 203 g/mol. The van der Waals surface area contributed by atoms with Gasteiger partial charge < -0.3 is 10.5 Å². The van der Waals surface area contributed by atoms with Crippen LogP contribution in [0.15, 0.2) is 24.3 Å². The van der Waals surface area contributed by atoms with Crippen molar-refractivity contribution < 1.29 is 4.74 Å². The number of hydrogen-bond donors (Lipinski definition) is 1. The van der Waals surface area contributed by atoms with Gasteiger partial charge in [-0.25, -0.2) is 0 Å². The van der Waals surface area contributed by atoms with E-state index in [4.69, 9.17) is 10.5 Å². The molecule has 0 saturated carbocycles. The van der Waals surface area contributed by atoms with Crippen molar-refractivity contribution >= 4 is 0 Å². The molecule has 2 N–H and O–H groups in total. The van der Waals surface area contributed by atoms with Gasteiger partial charge in [-0.1, -0.05) is 18.2 Å². The Hall–Kier alpha value is -1.46. The Labute approximate surface area is 91.4 Å². The largest absolute Gasteiger partial charge is 0.492 e. The van der Waals surface area contributed by atoms with Crippen molar-refractivity contribution in [2.24, 2.45) is 5.73 Å². The molecule has 0 radical (unpaired) electrons. The summed E-state index contributed by atoms with van der Waals surface area (Å²) in [7, 11) is 0. The minimum atomic E-state index is -0.00143. The number of hydrogen-bond acceptors (Lipinski definition) is 2. The van der Waals surface area contributed by atoms with Crippen molar-refractivity contribution in [3.05, 3.63) is 29.8 Å². The zero-order chi connectivity index (χ0) is 11.1. The van der Waals surface area contributed by atoms with Gasteiger partial charge in [0.05, 0.1) is 6.61 Å². The smallest absolute Gasteiger partial charge is 0.124 e. The second-order valence-corrected chi connectivity index (χ2v) is 3.35. The summed E-state index contributed by atoms with van der Waals surface area (Å²) in [5.74, 6) is 6.66. The number of para-hydroxylation sites is 1. The highest BCUT2D eigenvalue weighted by molar-refractivity contribution is 5.35. The third-order valence-electron chi connectivity index (χ3n) is 2.07. The lowest BCUT2D eigenvalue weighted by atomic mass is 10.1. The van der Waals surface area contributed by atoms with E-state index in [0.717, 1.165) is 17.7 Å². The number of benzene rings is 1. The SMILES string of the molecule is CC#CCCOc1ccccc1C(C)N. The molecule has 0 aliphatic carbocycles. The molecule has 80 valence electrons. The Morgan fingerprint density at radius 2 is 2.13 bits per heavy atom. The molecule has 2 nitrogen and oxygen atoms in total. The Morgan fingerprint density at radius 3 is 2.80 bits per heavy atom. The number of rotatable bonds is 4. The van der Waals surface area contributed by atoms with Crippen molar-refractivity contribution in [3.8, 4) is 17.6 Å². The molecule has 1 aromatic rings. The van der Waals surface area contributed by atoms with E-state index in [9.17, 15) is 0 Å². The van der Waals surface area contributed by atoms with Crippen LogP contribution in [0.4, 0.5) is 0 Å². The van der Waals surface area contributed by atoms with Gasteiger partial charge in [0.15, 0.2) is 0 Å². The molecule has 0 aliphatic heterocycles. The molecule has 0 saturated heterocycles. The van der Waals surface area contributed by atoms with Crippen LogP contribution in [-0.4, -0.2) is 6.61 Å². The first-order valence-corrected chi connectivity index (χ1v) is 5.12. The molecule has 0 heterocycles. The third kappa shape index (κ3) is 3.65. The summed E-state index contributed by atoms with van der Waals surface area (Å²) in [6.45, 7) is 4.40. The molecule has 0 fully saturated rings. The second kappa shape index (κ2) is 6.10. The standard InChI is InChI=1S/C13H17NO/c1-3-4-7-10-15-13-9-6-5-8-12(13)11(2)14/h5-6,8-9,11H,7,10,14H2,1-2H3. The zero-order valence-electron chi connectivity index (χ0n) is 9.29. The van der Waals surface area contributed by atoms with E-state index in [2.05, 4.69) is 11.8 Å². The molecule has 2 heteroatoms. The van der Waals surface area contributed by atoms with E-state index in [1.807, 2.05) is 38.1 Å². The summed E-state index contributed by atoms with van der Waals surface area (Å²) in [5.41, 5.74) is 6.88. The maximum atomic E-state index is 5.84.